The van der Waals surface area contributed by atoms with Gasteiger partial charge in [0.25, 0.3) is 5.91 Å². The molecule has 0 unspecified atom stereocenters. The monoisotopic (exact) mass is 288 g/mol. The Balaban J connectivity index is 1.73. The second-order valence-electron chi connectivity index (χ2n) is 5.63. The molecule has 0 aromatic carbocycles. The molecule has 2 aromatic heterocycles. The van der Waals surface area contributed by atoms with Crippen LogP contribution in [0.2, 0.25) is 0 Å². The Labute approximate surface area is 124 Å². The minimum Gasteiger partial charge on any atom is -0.465 e. The van der Waals surface area contributed by atoms with Gasteiger partial charge in [-0.15, -0.1) is 0 Å². The lowest BCUT2D eigenvalue weighted by molar-refractivity contribution is 0.0812. The van der Waals surface area contributed by atoms with Gasteiger partial charge in [0.15, 0.2) is 0 Å². The van der Waals surface area contributed by atoms with Crippen molar-refractivity contribution < 1.29 is 9.21 Å². The third-order valence-corrected chi connectivity index (χ3v) is 3.74. The number of fused-ring (bicyclic) bond motifs is 1. The fourth-order valence-electron chi connectivity index (χ4n) is 2.64. The summed E-state index contributed by atoms with van der Waals surface area (Å²) in [6, 6.07) is 3.99. The first-order chi connectivity index (χ1) is 10.0. The van der Waals surface area contributed by atoms with Crippen LogP contribution in [0.3, 0.4) is 0 Å². The van der Waals surface area contributed by atoms with Crippen molar-refractivity contribution in [1.82, 2.24) is 19.4 Å². The van der Waals surface area contributed by atoms with Crippen molar-refractivity contribution in [2.24, 2.45) is 0 Å². The second kappa shape index (κ2) is 5.37. The molecular formula is C15H20N4O2. The van der Waals surface area contributed by atoms with E-state index in [9.17, 15) is 4.79 Å². The molecule has 0 atom stereocenters. The third kappa shape index (κ3) is 2.71. The number of aryl methyl sites for hydroxylation is 1. The van der Waals surface area contributed by atoms with Crippen molar-refractivity contribution in [3.05, 3.63) is 41.4 Å². The van der Waals surface area contributed by atoms with Gasteiger partial charge in [0, 0.05) is 27.2 Å². The maximum atomic E-state index is 12.1. The molecule has 0 saturated carbocycles. The summed E-state index contributed by atoms with van der Waals surface area (Å²) in [5.41, 5.74) is 0.670. The van der Waals surface area contributed by atoms with Gasteiger partial charge >= 0.3 is 0 Å². The molecule has 0 saturated heterocycles. The standard InChI is InChI=1S/C15H20N4O2/c1-11-4-5-12(21-11)9-18-6-7-19-13(15(20)17(2)3)8-16-14(19)10-18/h4-5,8H,6-7,9-10H2,1-3H3. The van der Waals surface area contributed by atoms with E-state index in [0.29, 0.717) is 5.69 Å². The zero-order valence-corrected chi connectivity index (χ0v) is 12.7. The Morgan fingerprint density at radius 1 is 1.38 bits per heavy atom. The predicted octanol–water partition coefficient (Wildman–Crippen LogP) is 1.50. The molecule has 1 aliphatic heterocycles. The van der Waals surface area contributed by atoms with E-state index in [0.717, 1.165) is 43.5 Å². The van der Waals surface area contributed by atoms with E-state index >= 15 is 0 Å². The molecule has 0 N–H and O–H groups in total. The molecule has 6 heteroatoms. The number of hydrogen-bond donors (Lipinski definition) is 0. The van der Waals surface area contributed by atoms with Crippen LogP contribution in [0.1, 0.15) is 27.8 Å². The van der Waals surface area contributed by atoms with Gasteiger partial charge in [-0.2, -0.15) is 0 Å². The first kappa shape index (κ1) is 13.9. The average Bonchev–Trinajstić information content (AvgIpc) is 3.04. The molecule has 21 heavy (non-hydrogen) atoms. The first-order valence-electron chi connectivity index (χ1n) is 7.08. The highest BCUT2D eigenvalue weighted by Gasteiger charge is 2.24. The van der Waals surface area contributed by atoms with Crippen molar-refractivity contribution >= 4 is 5.91 Å². The maximum absolute atomic E-state index is 12.1. The fourth-order valence-corrected chi connectivity index (χ4v) is 2.64. The van der Waals surface area contributed by atoms with Gasteiger partial charge in [-0.3, -0.25) is 9.69 Å². The lowest BCUT2D eigenvalue weighted by Crippen LogP contribution is -2.35. The zero-order chi connectivity index (χ0) is 15.0. The molecule has 3 heterocycles. The van der Waals surface area contributed by atoms with E-state index in [1.807, 2.05) is 23.6 Å². The molecule has 112 valence electrons. The van der Waals surface area contributed by atoms with Gasteiger partial charge < -0.3 is 13.9 Å². The molecule has 0 aliphatic carbocycles. The highest BCUT2D eigenvalue weighted by molar-refractivity contribution is 5.92. The smallest absolute Gasteiger partial charge is 0.271 e. The van der Waals surface area contributed by atoms with Crippen molar-refractivity contribution in [2.45, 2.75) is 26.6 Å². The first-order valence-corrected chi connectivity index (χ1v) is 7.08. The summed E-state index contributed by atoms with van der Waals surface area (Å²) >= 11 is 0. The van der Waals surface area contributed by atoms with E-state index < -0.39 is 0 Å². The average molecular weight is 288 g/mol. The maximum Gasteiger partial charge on any atom is 0.271 e. The summed E-state index contributed by atoms with van der Waals surface area (Å²) in [6.45, 7) is 5.13. The van der Waals surface area contributed by atoms with Crippen LogP contribution >= 0.6 is 0 Å². The summed E-state index contributed by atoms with van der Waals surface area (Å²) in [6.07, 6.45) is 1.68. The van der Waals surface area contributed by atoms with Gasteiger partial charge in [-0.1, -0.05) is 0 Å². The van der Waals surface area contributed by atoms with E-state index in [1.54, 1.807) is 25.2 Å². The Morgan fingerprint density at radius 3 is 2.86 bits per heavy atom. The number of carbonyl (C=O) groups is 1. The second-order valence-corrected chi connectivity index (χ2v) is 5.63. The molecule has 0 radical (unpaired) electrons. The molecule has 3 rings (SSSR count). The van der Waals surface area contributed by atoms with Crippen LogP contribution in [0.5, 0.6) is 0 Å². The summed E-state index contributed by atoms with van der Waals surface area (Å²) in [5.74, 6) is 2.85. The SMILES string of the molecule is Cc1ccc(CN2CCn3c(C(=O)N(C)C)cnc3C2)o1. The van der Waals surface area contributed by atoms with Gasteiger partial charge in [0.05, 0.1) is 19.3 Å². The third-order valence-electron chi connectivity index (χ3n) is 3.74. The number of rotatable bonds is 3. The number of nitrogens with zero attached hydrogens (tertiary/aromatic N) is 4. The van der Waals surface area contributed by atoms with Crippen molar-refractivity contribution in [1.29, 1.82) is 0 Å². The highest BCUT2D eigenvalue weighted by Crippen LogP contribution is 2.18. The Morgan fingerprint density at radius 2 is 2.19 bits per heavy atom. The van der Waals surface area contributed by atoms with E-state index in [2.05, 4.69) is 9.88 Å². The van der Waals surface area contributed by atoms with Crippen LogP contribution in [0.15, 0.2) is 22.7 Å². The minimum atomic E-state index is 0.00357. The topological polar surface area (TPSA) is 54.5 Å². The van der Waals surface area contributed by atoms with Gasteiger partial charge in [0.2, 0.25) is 0 Å². The number of aromatic nitrogens is 2. The van der Waals surface area contributed by atoms with Crippen LogP contribution in [-0.2, 0) is 19.6 Å². The molecule has 0 spiro atoms. The molecule has 0 fully saturated rings. The van der Waals surface area contributed by atoms with E-state index in [4.69, 9.17) is 4.42 Å². The number of amides is 1. The normalized spacial score (nSPS) is 15.0. The Kier molecular flexibility index (Phi) is 3.55. The van der Waals surface area contributed by atoms with Gasteiger partial charge in [-0.05, 0) is 19.1 Å². The Bertz CT molecular complexity index is 656. The van der Waals surface area contributed by atoms with Crippen LogP contribution in [0.4, 0.5) is 0 Å². The predicted molar refractivity (Wildman–Crippen MR) is 77.8 cm³/mol. The van der Waals surface area contributed by atoms with Crippen LogP contribution < -0.4 is 0 Å². The minimum absolute atomic E-state index is 0.00357. The largest absolute Gasteiger partial charge is 0.465 e. The zero-order valence-electron chi connectivity index (χ0n) is 12.7. The van der Waals surface area contributed by atoms with Gasteiger partial charge in [0.1, 0.15) is 23.0 Å². The molecule has 1 aliphatic rings. The molecular weight excluding hydrogens is 268 g/mol. The van der Waals surface area contributed by atoms with Gasteiger partial charge in [-0.25, -0.2) is 4.98 Å². The van der Waals surface area contributed by atoms with Crippen LogP contribution in [0, 0.1) is 6.92 Å². The number of imidazole rings is 1. The lowest BCUT2D eigenvalue weighted by atomic mass is 10.3. The number of furan rings is 1. The number of carbonyl (C=O) groups excluding carboxylic acids is 1. The highest BCUT2D eigenvalue weighted by atomic mass is 16.3. The summed E-state index contributed by atoms with van der Waals surface area (Å²) in [5, 5.41) is 0. The van der Waals surface area contributed by atoms with Crippen molar-refractivity contribution in [2.75, 3.05) is 20.6 Å². The summed E-state index contributed by atoms with van der Waals surface area (Å²) in [4.78, 5) is 20.4. The van der Waals surface area contributed by atoms with Crippen LogP contribution in [0.25, 0.3) is 0 Å². The lowest BCUT2D eigenvalue weighted by Gasteiger charge is -2.27. The summed E-state index contributed by atoms with van der Waals surface area (Å²) in [7, 11) is 3.52. The fraction of sp³-hybridized carbons (Fsp3) is 0.467. The molecule has 6 nitrogen and oxygen atoms in total. The molecule has 1 amide bonds. The molecule has 0 bridgehead atoms. The van der Waals surface area contributed by atoms with Crippen molar-refractivity contribution in [3.8, 4) is 0 Å². The number of hydrogen-bond acceptors (Lipinski definition) is 4. The van der Waals surface area contributed by atoms with Crippen LogP contribution in [-0.4, -0.2) is 45.9 Å². The molecule has 2 aromatic rings. The Hall–Kier alpha value is -2.08. The van der Waals surface area contributed by atoms with E-state index in [-0.39, 0.29) is 5.91 Å². The van der Waals surface area contributed by atoms with Crippen molar-refractivity contribution in [3.63, 3.8) is 0 Å². The quantitative estimate of drug-likeness (QED) is 0.859. The van der Waals surface area contributed by atoms with E-state index in [1.165, 1.54) is 0 Å². The summed E-state index contributed by atoms with van der Waals surface area (Å²) < 4.78 is 7.64.